The Kier molecular flexibility index (Phi) is 2.55. The molecule has 2 N–H and O–H groups in total. The summed E-state index contributed by atoms with van der Waals surface area (Å²) in [6, 6.07) is 0.337. The lowest BCUT2D eigenvalue weighted by Crippen LogP contribution is -2.45. The van der Waals surface area contributed by atoms with E-state index in [4.69, 9.17) is 10.5 Å². The van der Waals surface area contributed by atoms with E-state index < -0.39 is 0 Å². The zero-order chi connectivity index (χ0) is 8.48. The highest BCUT2D eigenvalue weighted by Crippen LogP contribution is 2.30. The zero-order valence-corrected chi connectivity index (χ0v) is 7.76. The van der Waals surface area contributed by atoms with Crippen LogP contribution in [0, 0.1) is 0 Å². The van der Waals surface area contributed by atoms with Crippen molar-refractivity contribution in [2.24, 2.45) is 5.73 Å². The van der Waals surface area contributed by atoms with Crippen LogP contribution in [0.3, 0.4) is 0 Å². The summed E-state index contributed by atoms with van der Waals surface area (Å²) in [5.74, 6) is 0. The molecule has 0 amide bonds. The summed E-state index contributed by atoms with van der Waals surface area (Å²) in [5.41, 5.74) is 5.94. The first-order valence-corrected chi connectivity index (χ1v) is 4.49. The quantitative estimate of drug-likeness (QED) is 0.628. The second-order valence-corrected chi connectivity index (χ2v) is 3.93. The van der Waals surface area contributed by atoms with E-state index in [1.807, 2.05) is 0 Å². The van der Waals surface area contributed by atoms with Gasteiger partial charge in [-0.05, 0) is 33.1 Å². The van der Waals surface area contributed by atoms with Crippen LogP contribution in [0.4, 0.5) is 0 Å². The summed E-state index contributed by atoms with van der Waals surface area (Å²) < 4.78 is 5.81. The highest BCUT2D eigenvalue weighted by Gasteiger charge is 2.33. The first-order valence-electron chi connectivity index (χ1n) is 4.49. The Morgan fingerprint density at radius 1 is 1.64 bits per heavy atom. The van der Waals surface area contributed by atoms with Gasteiger partial charge in [0.05, 0.1) is 11.7 Å². The molecule has 3 atom stereocenters. The van der Waals surface area contributed by atoms with E-state index in [2.05, 4.69) is 20.8 Å². The summed E-state index contributed by atoms with van der Waals surface area (Å²) in [5, 5.41) is 0. The van der Waals surface area contributed by atoms with Crippen LogP contribution in [0.5, 0.6) is 0 Å². The number of hydrogen-bond acceptors (Lipinski definition) is 2. The van der Waals surface area contributed by atoms with E-state index in [1.54, 1.807) is 0 Å². The van der Waals surface area contributed by atoms with Gasteiger partial charge < -0.3 is 10.5 Å². The highest BCUT2D eigenvalue weighted by atomic mass is 16.5. The van der Waals surface area contributed by atoms with Crippen molar-refractivity contribution in [3.05, 3.63) is 0 Å². The molecule has 0 radical (unpaired) electrons. The summed E-state index contributed by atoms with van der Waals surface area (Å²) in [6.07, 6.45) is 3.41. The largest absolute Gasteiger partial charge is 0.372 e. The first kappa shape index (κ1) is 9.01. The highest BCUT2D eigenvalue weighted by molar-refractivity contribution is 4.86. The molecule has 0 aromatic heterocycles. The van der Waals surface area contributed by atoms with E-state index in [9.17, 15) is 0 Å². The van der Waals surface area contributed by atoms with Gasteiger partial charge >= 0.3 is 0 Å². The number of ether oxygens (including phenoxy) is 1. The fraction of sp³-hybridized carbons (Fsp3) is 1.00. The molecule has 1 rings (SSSR count). The molecule has 0 saturated carbocycles. The van der Waals surface area contributed by atoms with Crippen LogP contribution < -0.4 is 5.73 Å². The molecule has 3 unspecified atom stereocenters. The molecular weight excluding hydrogens is 138 g/mol. The van der Waals surface area contributed by atoms with Crippen molar-refractivity contribution in [1.29, 1.82) is 0 Å². The topological polar surface area (TPSA) is 35.2 Å². The lowest BCUT2D eigenvalue weighted by atomic mass is 9.88. The Labute approximate surface area is 69.1 Å². The summed E-state index contributed by atoms with van der Waals surface area (Å²) in [7, 11) is 0. The number of hydrogen-bond donors (Lipinski definition) is 1. The zero-order valence-electron chi connectivity index (χ0n) is 7.76. The first-order chi connectivity index (χ1) is 5.06. The average molecular weight is 157 g/mol. The lowest BCUT2D eigenvalue weighted by Gasteiger charge is -2.40. The van der Waals surface area contributed by atoms with Crippen LogP contribution in [0.2, 0.25) is 0 Å². The van der Waals surface area contributed by atoms with Gasteiger partial charge in [0.1, 0.15) is 0 Å². The number of nitrogens with two attached hydrogens (primary N) is 1. The predicted octanol–water partition coefficient (Wildman–Crippen LogP) is 1.68. The van der Waals surface area contributed by atoms with Gasteiger partial charge in [0.15, 0.2) is 0 Å². The van der Waals surface area contributed by atoms with Gasteiger partial charge in [-0.1, -0.05) is 6.92 Å². The van der Waals surface area contributed by atoms with Gasteiger partial charge in [-0.15, -0.1) is 0 Å². The van der Waals surface area contributed by atoms with Crippen LogP contribution in [0.15, 0.2) is 0 Å². The van der Waals surface area contributed by atoms with Gasteiger partial charge in [0, 0.05) is 6.04 Å². The van der Waals surface area contributed by atoms with Crippen LogP contribution in [0.25, 0.3) is 0 Å². The molecule has 0 aromatic rings. The molecule has 2 nitrogen and oxygen atoms in total. The van der Waals surface area contributed by atoms with Gasteiger partial charge in [0.2, 0.25) is 0 Å². The van der Waals surface area contributed by atoms with Gasteiger partial charge in [-0.2, -0.15) is 0 Å². The van der Waals surface area contributed by atoms with Crippen molar-refractivity contribution in [1.82, 2.24) is 0 Å². The monoisotopic (exact) mass is 157 g/mol. The molecule has 66 valence electrons. The molecule has 1 aliphatic heterocycles. The van der Waals surface area contributed by atoms with Crippen LogP contribution >= 0.6 is 0 Å². The summed E-state index contributed by atoms with van der Waals surface area (Å²) in [6.45, 7) is 6.42. The van der Waals surface area contributed by atoms with Gasteiger partial charge in [0.25, 0.3) is 0 Å². The van der Waals surface area contributed by atoms with Crippen LogP contribution in [-0.4, -0.2) is 17.7 Å². The maximum atomic E-state index is 5.90. The minimum absolute atomic E-state index is 0.0388. The minimum Gasteiger partial charge on any atom is -0.372 e. The van der Waals surface area contributed by atoms with Crippen molar-refractivity contribution >= 4 is 0 Å². The van der Waals surface area contributed by atoms with E-state index >= 15 is 0 Å². The van der Waals surface area contributed by atoms with Crippen molar-refractivity contribution in [2.75, 3.05) is 0 Å². The Morgan fingerprint density at radius 2 is 2.27 bits per heavy atom. The molecule has 1 aliphatic rings. The summed E-state index contributed by atoms with van der Waals surface area (Å²) in [4.78, 5) is 0. The Hall–Kier alpha value is -0.0800. The normalized spacial score (nSPS) is 45.8. The average Bonchev–Trinajstić information content (AvgIpc) is 1.84. The Balaban J connectivity index is 2.55. The van der Waals surface area contributed by atoms with E-state index in [0.717, 1.165) is 19.3 Å². The maximum absolute atomic E-state index is 5.90. The number of rotatable bonds is 1. The molecule has 11 heavy (non-hydrogen) atoms. The molecule has 0 aliphatic carbocycles. The summed E-state index contributed by atoms with van der Waals surface area (Å²) >= 11 is 0. The van der Waals surface area contributed by atoms with Gasteiger partial charge in [-0.3, -0.25) is 0 Å². The minimum atomic E-state index is 0.0388. The third kappa shape index (κ3) is 2.17. The lowest BCUT2D eigenvalue weighted by molar-refractivity contribution is -0.117. The molecule has 2 heteroatoms. The molecule has 1 saturated heterocycles. The third-order valence-electron chi connectivity index (χ3n) is 2.56. The SMILES string of the molecule is CCC1(C)CC(N)CC(C)O1. The van der Waals surface area contributed by atoms with Crippen molar-refractivity contribution in [3.63, 3.8) is 0 Å². The Bertz CT molecular complexity index is 126. The third-order valence-corrected chi connectivity index (χ3v) is 2.56. The van der Waals surface area contributed by atoms with Crippen LogP contribution in [0.1, 0.15) is 40.0 Å². The fourth-order valence-corrected chi connectivity index (χ4v) is 1.87. The molecule has 0 bridgehead atoms. The molecule has 1 heterocycles. The van der Waals surface area contributed by atoms with E-state index in [0.29, 0.717) is 12.1 Å². The van der Waals surface area contributed by atoms with E-state index in [1.165, 1.54) is 0 Å². The van der Waals surface area contributed by atoms with E-state index in [-0.39, 0.29) is 5.60 Å². The Morgan fingerprint density at radius 3 is 2.73 bits per heavy atom. The predicted molar refractivity (Wildman–Crippen MR) is 46.5 cm³/mol. The molecule has 0 aromatic carbocycles. The van der Waals surface area contributed by atoms with Gasteiger partial charge in [-0.25, -0.2) is 0 Å². The molecule has 1 fully saturated rings. The fourth-order valence-electron chi connectivity index (χ4n) is 1.87. The maximum Gasteiger partial charge on any atom is 0.0670 e. The van der Waals surface area contributed by atoms with Crippen LogP contribution in [-0.2, 0) is 4.74 Å². The molecule has 0 spiro atoms. The molecular formula is C9H19NO. The van der Waals surface area contributed by atoms with Crippen molar-refractivity contribution in [2.45, 2.75) is 57.8 Å². The second kappa shape index (κ2) is 3.11. The smallest absolute Gasteiger partial charge is 0.0670 e. The van der Waals surface area contributed by atoms with Crippen molar-refractivity contribution in [3.8, 4) is 0 Å². The second-order valence-electron chi connectivity index (χ2n) is 3.93. The van der Waals surface area contributed by atoms with Crippen molar-refractivity contribution < 1.29 is 4.74 Å². The standard InChI is InChI=1S/C9H19NO/c1-4-9(3)6-8(10)5-7(2)11-9/h7-8H,4-6,10H2,1-3H3.